The minimum absolute atomic E-state index is 0.103. The number of piperazine rings is 1. The van der Waals surface area contributed by atoms with Crippen LogP contribution in [0.15, 0.2) is 48.5 Å². The first-order valence-corrected chi connectivity index (χ1v) is 10.3. The summed E-state index contributed by atoms with van der Waals surface area (Å²) in [6.45, 7) is 10.2. The molecule has 148 valence electrons. The fourth-order valence-electron chi connectivity index (χ4n) is 4.55. The van der Waals surface area contributed by atoms with Crippen LogP contribution in [0.25, 0.3) is 0 Å². The Labute approximate surface area is 167 Å². The van der Waals surface area contributed by atoms with E-state index in [9.17, 15) is 4.79 Å². The van der Waals surface area contributed by atoms with Crippen molar-refractivity contribution in [3.8, 4) is 0 Å². The first kappa shape index (κ1) is 18.8. The summed E-state index contributed by atoms with van der Waals surface area (Å²) < 4.78 is 0. The lowest BCUT2D eigenvalue weighted by molar-refractivity contribution is -0.117. The molecule has 28 heavy (non-hydrogen) atoms. The Kier molecular flexibility index (Phi) is 5.27. The molecule has 2 aromatic carbocycles. The van der Waals surface area contributed by atoms with Crippen molar-refractivity contribution in [2.45, 2.75) is 32.9 Å². The monoisotopic (exact) mass is 378 g/mol. The van der Waals surface area contributed by atoms with Gasteiger partial charge in [-0.05, 0) is 36.8 Å². The number of hydrogen-bond donors (Lipinski definition) is 2. The Hall–Kier alpha value is -2.53. The van der Waals surface area contributed by atoms with E-state index in [1.165, 1.54) is 11.3 Å². The fraction of sp³-hybridized carbons (Fsp3) is 0.435. The highest BCUT2D eigenvalue weighted by molar-refractivity contribution is 5.94. The maximum atomic E-state index is 12.3. The predicted molar refractivity (Wildman–Crippen MR) is 116 cm³/mol. The third-order valence-electron chi connectivity index (χ3n) is 6.22. The van der Waals surface area contributed by atoms with Crippen LogP contribution in [-0.4, -0.2) is 38.1 Å². The first-order chi connectivity index (χ1) is 13.6. The summed E-state index contributed by atoms with van der Waals surface area (Å²) in [4.78, 5) is 16.7. The van der Waals surface area contributed by atoms with E-state index >= 15 is 0 Å². The molecule has 0 aliphatic carbocycles. The van der Waals surface area contributed by atoms with Gasteiger partial charge in [-0.15, -0.1) is 0 Å². The van der Waals surface area contributed by atoms with Gasteiger partial charge < -0.3 is 20.4 Å². The van der Waals surface area contributed by atoms with Crippen LogP contribution in [0.5, 0.6) is 0 Å². The lowest BCUT2D eigenvalue weighted by atomic mass is 9.82. The molecule has 1 unspecified atom stereocenters. The number of hydrogen-bond acceptors (Lipinski definition) is 4. The van der Waals surface area contributed by atoms with Gasteiger partial charge in [0.05, 0.1) is 6.04 Å². The molecule has 2 heterocycles. The van der Waals surface area contributed by atoms with Gasteiger partial charge in [0.15, 0.2) is 0 Å². The Bertz CT molecular complexity index is 846. The molecule has 2 aliphatic rings. The molecule has 5 nitrogen and oxygen atoms in total. The number of fused-ring (bicyclic) bond motifs is 1. The topological polar surface area (TPSA) is 47.6 Å². The second-order valence-corrected chi connectivity index (χ2v) is 7.96. The van der Waals surface area contributed by atoms with E-state index < -0.39 is 0 Å². The Balaban J connectivity index is 1.64. The molecule has 2 aromatic rings. The van der Waals surface area contributed by atoms with Gasteiger partial charge in [-0.2, -0.15) is 0 Å². The SMILES string of the molecule is CC(=O)N1c2ccccc2C(Nc2cccc(N3CCNCC3)c2)[C@@H](C)[C@@H]1C. The summed E-state index contributed by atoms with van der Waals surface area (Å²) in [5, 5.41) is 7.19. The molecule has 3 atom stereocenters. The van der Waals surface area contributed by atoms with Gasteiger partial charge in [0, 0.05) is 62.1 Å². The molecule has 0 spiro atoms. The molecule has 0 aromatic heterocycles. The number of para-hydroxylation sites is 1. The van der Waals surface area contributed by atoms with E-state index in [4.69, 9.17) is 0 Å². The maximum absolute atomic E-state index is 12.3. The number of amides is 1. The minimum atomic E-state index is 0.103. The van der Waals surface area contributed by atoms with E-state index in [2.05, 4.69) is 71.8 Å². The lowest BCUT2D eigenvalue weighted by Crippen LogP contribution is -2.48. The maximum Gasteiger partial charge on any atom is 0.224 e. The van der Waals surface area contributed by atoms with E-state index in [0.29, 0.717) is 5.92 Å². The van der Waals surface area contributed by atoms with Crippen molar-refractivity contribution < 1.29 is 4.79 Å². The fourth-order valence-corrected chi connectivity index (χ4v) is 4.55. The summed E-state index contributed by atoms with van der Waals surface area (Å²) in [6.07, 6.45) is 0. The molecule has 2 N–H and O–H groups in total. The van der Waals surface area contributed by atoms with Crippen LogP contribution in [0.2, 0.25) is 0 Å². The van der Waals surface area contributed by atoms with Gasteiger partial charge in [0.1, 0.15) is 0 Å². The van der Waals surface area contributed by atoms with Gasteiger partial charge in [-0.3, -0.25) is 4.79 Å². The van der Waals surface area contributed by atoms with Crippen LogP contribution in [0, 0.1) is 5.92 Å². The molecule has 2 aliphatic heterocycles. The summed E-state index contributed by atoms with van der Waals surface area (Å²) in [5.41, 5.74) is 4.61. The van der Waals surface area contributed by atoms with Gasteiger partial charge in [-0.25, -0.2) is 0 Å². The van der Waals surface area contributed by atoms with Gasteiger partial charge in [0.25, 0.3) is 0 Å². The molecular formula is C23H30N4O. The Morgan fingerprint density at radius 1 is 1.07 bits per heavy atom. The van der Waals surface area contributed by atoms with Crippen molar-refractivity contribution >= 4 is 23.0 Å². The second kappa shape index (κ2) is 7.84. The van der Waals surface area contributed by atoms with Crippen molar-refractivity contribution in [1.82, 2.24) is 5.32 Å². The third-order valence-corrected chi connectivity index (χ3v) is 6.22. The van der Waals surface area contributed by atoms with Gasteiger partial charge in [0.2, 0.25) is 5.91 Å². The van der Waals surface area contributed by atoms with Crippen LogP contribution < -0.4 is 20.4 Å². The molecule has 4 rings (SSSR count). The number of carbonyl (C=O) groups excluding carboxylic acids is 1. The van der Waals surface area contributed by atoms with Crippen LogP contribution in [-0.2, 0) is 4.79 Å². The quantitative estimate of drug-likeness (QED) is 0.856. The molecular weight excluding hydrogens is 348 g/mol. The molecule has 1 saturated heterocycles. The van der Waals surface area contributed by atoms with E-state index in [0.717, 1.165) is 37.6 Å². The normalized spacial score (nSPS) is 24.6. The number of benzene rings is 2. The molecule has 5 heteroatoms. The van der Waals surface area contributed by atoms with Crippen molar-refractivity contribution in [3.05, 3.63) is 54.1 Å². The van der Waals surface area contributed by atoms with E-state index in [1.807, 2.05) is 11.0 Å². The number of carbonyl (C=O) groups is 1. The summed E-state index contributed by atoms with van der Waals surface area (Å²) in [7, 11) is 0. The van der Waals surface area contributed by atoms with E-state index in [1.54, 1.807) is 6.92 Å². The average molecular weight is 379 g/mol. The van der Waals surface area contributed by atoms with Crippen LogP contribution >= 0.6 is 0 Å². The lowest BCUT2D eigenvalue weighted by Gasteiger charge is -2.44. The molecule has 0 saturated carbocycles. The van der Waals surface area contributed by atoms with Crippen LogP contribution in [0.1, 0.15) is 32.4 Å². The van der Waals surface area contributed by atoms with Crippen molar-refractivity contribution in [2.24, 2.45) is 5.92 Å². The molecule has 0 radical (unpaired) electrons. The van der Waals surface area contributed by atoms with Crippen LogP contribution in [0.4, 0.5) is 17.1 Å². The zero-order chi connectivity index (χ0) is 19.7. The largest absolute Gasteiger partial charge is 0.378 e. The highest BCUT2D eigenvalue weighted by atomic mass is 16.2. The number of anilines is 3. The van der Waals surface area contributed by atoms with Gasteiger partial charge >= 0.3 is 0 Å². The predicted octanol–water partition coefficient (Wildman–Crippen LogP) is 3.64. The summed E-state index contributed by atoms with van der Waals surface area (Å²) in [5.74, 6) is 0.396. The number of rotatable bonds is 3. The molecule has 1 amide bonds. The number of nitrogens with zero attached hydrogens (tertiary/aromatic N) is 2. The third kappa shape index (κ3) is 3.47. The summed E-state index contributed by atoms with van der Waals surface area (Å²) in [6, 6.07) is 17.3. The van der Waals surface area contributed by atoms with Crippen molar-refractivity contribution in [3.63, 3.8) is 0 Å². The Morgan fingerprint density at radius 3 is 2.57 bits per heavy atom. The zero-order valence-electron chi connectivity index (χ0n) is 17.0. The average Bonchev–Trinajstić information content (AvgIpc) is 2.72. The number of nitrogens with one attached hydrogen (secondary N) is 2. The first-order valence-electron chi connectivity index (χ1n) is 10.3. The summed E-state index contributed by atoms with van der Waals surface area (Å²) >= 11 is 0. The standard InChI is InChI=1S/C23H30N4O/c1-16-17(2)27(18(3)28)22-10-5-4-9-21(22)23(16)25-19-7-6-8-20(15-19)26-13-11-24-12-14-26/h4-10,15-17,23-25H,11-14H2,1-3H3/t16-,17-,23?/m0/s1. The zero-order valence-corrected chi connectivity index (χ0v) is 17.0. The van der Waals surface area contributed by atoms with E-state index in [-0.39, 0.29) is 18.0 Å². The Morgan fingerprint density at radius 2 is 1.82 bits per heavy atom. The van der Waals surface area contributed by atoms with Crippen molar-refractivity contribution in [2.75, 3.05) is 41.3 Å². The second-order valence-electron chi connectivity index (χ2n) is 7.96. The molecule has 0 bridgehead atoms. The van der Waals surface area contributed by atoms with Crippen LogP contribution in [0.3, 0.4) is 0 Å². The minimum Gasteiger partial charge on any atom is -0.378 e. The smallest absolute Gasteiger partial charge is 0.224 e. The highest BCUT2D eigenvalue weighted by Gasteiger charge is 2.37. The van der Waals surface area contributed by atoms with Gasteiger partial charge in [-0.1, -0.05) is 31.2 Å². The highest BCUT2D eigenvalue weighted by Crippen LogP contribution is 2.42. The van der Waals surface area contributed by atoms with Crippen molar-refractivity contribution in [1.29, 1.82) is 0 Å². The molecule has 1 fully saturated rings.